The smallest absolute Gasteiger partial charge is 0.273 e. The molecule has 4 rings (SSSR count). The van der Waals surface area contributed by atoms with Crippen LogP contribution in [0.5, 0.6) is 0 Å². The summed E-state index contributed by atoms with van der Waals surface area (Å²) in [6.07, 6.45) is 1.88. The first-order valence-corrected chi connectivity index (χ1v) is 9.45. The molecule has 130 valence electrons. The molecule has 26 heavy (non-hydrogen) atoms. The van der Waals surface area contributed by atoms with E-state index >= 15 is 0 Å². The first-order chi connectivity index (χ1) is 12.5. The van der Waals surface area contributed by atoms with Crippen LogP contribution in [0.3, 0.4) is 0 Å². The summed E-state index contributed by atoms with van der Waals surface area (Å²) in [5.41, 5.74) is 4.14. The molecule has 2 aromatic carbocycles. The molecule has 4 nitrogen and oxygen atoms in total. The maximum Gasteiger partial charge on any atom is 0.273 e. The van der Waals surface area contributed by atoms with E-state index in [1.54, 1.807) is 28.0 Å². The lowest BCUT2D eigenvalue weighted by molar-refractivity contribution is 0.102. The number of amides is 1. The van der Waals surface area contributed by atoms with Gasteiger partial charge in [0.2, 0.25) is 0 Å². The van der Waals surface area contributed by atoms with Crippen molar-refractivity contribution in [2.75, 3.05) is 5.32 Å². The zero-order valence-electron chi connectivity index (χ0n) is 13.7. The molecule has 0 spiro atoms. The Labute approximate surface area is 164 Å². The summed E-state index contributed by atoms with van der Waals surface area (Å²) >= 11 is 13.3. The number of nitrogens with one attached hydrogen (secondary N) is 1. The summed E-state index contributed by atoms with van der Waals surface area (Å²) in [5.74, 6) is -0.234. The lowest BCUT2D eigenvalue weighted by atomic mass is 10.1. The summed E-state index contributed by atoms with van der Waals surface area (Å²) < 4.78 is 1.80. The summed E-state index contributed by atoms with van der Waals surface area (Å²) in [7, 11) is 0. The van der Waals surface area contributed by atoms with E-state index in [0.717, 1.165) is 16.2 Å². The number of anilines is 1. The molecule has 0 bridgehead atoms. The third kappa shape index (κ3) is 3.21. The maximum atomic E-state index is 12.6. The largest absolute Gasteiger partial charge is 0.321 e. The van der Waals surface area contributed by atoms with Gasteiger partial charge in [-0.15, -0.1) is 11.3 Å². The van der Waals surface area contributed by atoms with Crippen LogP contribution in [0.4, 0.5) is 5.69 Å². The van der Waals surface area contributed by atoms with Crippen molar-refractivity contribution < 1.29 is 4.79 Å². The minimum atomic E-state index is -0.234. The van der Waals surface area contributed by atoms with Gasteiger partial charge in [0, 0.05) is 22.8 Å². The highest BCUT2D eigenvalue weighted by Gasteiger charge is 2.16. The van der Waals surface area contributed by atoms with Crippen molar-refractivity contribution in [2.45, 2.75) is 6.92 Å². The second kappa shape index (κ2) is 6.76. The van der Waals surface area contributed by atoms with Crippen LogP contribution in [-0.4, -0.2) is 15.3 Å². The van der Waals surface area contributed by atoms with Gasteiger partial charge in [-0.25, -0.2) is 4.98 Å². The standard InChI is InChI=1S/C19H13Cl2N3OS/c1-11-2-4-12(5-3-11)16-9-24-17(10-26-19(24)23-16)18(25)22-13-6-7-14(20)15(21)8-13/h2-10H,1H3,(H,22,25). The minimum absolute atomic E-state index is 0.234. The zero-order chi connectivity index (χ0) is 18.3. The van der Waals surface area contributed by atoms with Crippen molar-refractivity contribution in [1.29, 1.82) is 0 Å². The molecule has 1 amide bonds. The highest BCUT2D eigenvalue weighted by Crippen LogP contribution is 2.27. The number of aryl methyl sites for hydroxylation is 1. The van der Waals surface area contributed by atoms with Gasteiger partial charge in [-0.3, -0.25) is 9.20 Å². The van der Waals surface area contributed by atoms with Gasteiger partial charge >= 0.3 is 0 Å². The van der Waals surface area contributed by atoms with Crippen molar-refractivity contribution in [1.82, 2.24) is 9.38 Å². The first-order valence-electron chi connectivity index (χ1n) is 7.81. The number of hydrogen-bond acceptors (Lipinski definition) is 3. The number of fused-ring (bicyclic) bond motifs is 1. The Morgan fingerprint density at radius 1 is 1.12 bits per heavy atom. The quantitative estimate of drug-likeness (QED) is 0.462. The molecule has 2 aromatic heterocycles. The van der Waals surface area contributed by atoms with Crippen molar-refractivity contribution in [3.8, 4) is 11.3 Å². The SMILES string of the molecule is Cc1ccc(-c2cn3c(C(=O)Nc4ccc(Cl)c(Cl)c4)csc3n2)cc1. The molecule has 1 N–H and O–H groups in total. The van der Waals surface area contributed by atoms with Crippen LogP contribution in [0.1, 0.15) is 16.1 Å². The molecular weight excluding hydrogens is 389 g/mol. The molecule has 0 aliphatic rings. The number of benzene rings is 2. The number of nitrogens with zero attached hydrogens (tertiary/aromatic N) is 2. The number of thiazole rings is 1. The van der Waals surface area contributed by atoms with Gasteiger partial charge in [-0.05, 0) is 25.1 Å². The molecule has 0 saturated heterocycles. The topological polar surface area (TPSA) is 46.4 Å². The number of aromatic nitrogens is 2. The van der Waals surface area contributed by atoms with Crippen LogP contribution < -0.4 is 5.32 Å². The summed E-state index contributed by atoms with van der Waals surface area (Å²) in [4.78, 5) is 18.0. The lowest BCUT2D eigenvalue weighted by Gasteiger charge is -2.05. The fourth-order valence-electron chi connectivity index (χ4n) is 2.58. The number of carbonyl (C=O) groups excluding carboxylic acids is 1. The summed E-state index contributed by atoms with van der Waals surface area (Å²) in [5, 5.41) is 5.46. The Morgan fingerprint density at radius 3 is 2.62 bits per heavy atom. The van der Waals surface area contributed by atoms with Crippen LogP contribution in [0, 0.1) is 6.92 Å². The van der Waals surface area contributed by atoms with Crippen molar-refractivity contribution in [3.63, 3.8) is 0 Å². The number of hydrogen-bond donors (Lipinski definition) is 1. The molecule has 7 heteroatoms. The average molecular weight is 402 g/mol. The Kier molecular flexibility index (Phi) is 4.44. The van der Waals surface area contributed by atoms with Crippen LogP contribution >= 0.6 is 34.5 Å². The van der Waals surface area contributed by atoms with Gasteiger partial charge in [0.1, 0.15) is 5.69 Å². The fourth-order valence-corrected chi connectivity index (χ4v) is 3.73. The van der Waals surface area contributed by atoms with Gasteiger partial charge in [0.15, 0.2) is 4.96 Å². The van der Waals surface area contributed by atoms with E-state index in [0.29, 0.717) is 21.4 Å². The molecule has 0 unspecified atom stereocenters. The number of carbonyl (C=O) groups is 1. The molecule has 0 radical (unpaired) electrons. The summed E-state index contributed by atoms with van der Waals surface area (Å²) in [6, 6.07) is 13.1. The molecule has 0 fully saturated rings. The molecule has 0 aliphatic heterocycles. The van der Waals surface area contributed by atoms with E-state index in [1.165, 1.54) is 16.9 Å². The Balaban J connectivity index is 1.64. The number of imidazole rings is 1. The third-order valence-corrected chi connectivity index (χ3v) is 5.55. The highest BCUT2D eigenvalue weighted by atomic mass is 35.5. The lowest BCUT2D eigenvalue weighted by Crippen LogP contribution is -2.13. The molecule has 0 atom stereocenters. The van der Waals surface area contributed by atoms with Crippen LogP contribution in [0.15, 0.2) is 54.0 Å². The van der Waals surface area contributed by atoms with Crippen molar-refractivity contribution >= 4 is 51.1 Å². The maximum absolute atomic E-state index is 12.6. The van der Waals surface area contributed by atoms with E-state index in [9.17, 15) is 4.79 Å². The second-order valence-corrected chi connectivity index (χ2v) is 7.50. The molecular formula is C19H13Cl2N3OS. The molecule has 4 aromatic rings. The normalized spacial score (nSPS) is 11.0. The fraction of sp³-hybridized carbons (Fsp3) is 0.0526. The van der Waals surface area contributed by atoms with Crippen LogP contribution in [0.2, 0.25) is 10.0 Å². The van der Waals surface area contributed by atoms with Crippen LogP contribution in [0.25, 0.3) is 16.2 Å². The van der Waals surface area contributed by atoms with E-state index in [4.69, 9.17) is 23.2 Å². The van der Waals surface area contributed by atoms with Crippen molar-refractivity contribution in [2.24, 2.45) is 0 Å². The van der Waals surface area contributed by atoms with E-state index in [1.807, 2.05) is 37.4 Å². The van der Waals surface area contributed by atoms with Gasteiger partial charge in [0.05, 0.1) is 15.7 Å². The number of halogens is 2. The summed E-state index contributed by atoms with van der Waals surface area (Å²) in [6.45, 7) is 2.04. The van der Waals surface area contributed by atoms with E-state index < -0.39 is 0 Å². The monoisotopic (exact) mass is 401 g/mol. The molecule has 0 aliphatic carbocycles. The number of rotatable bonds is 3. The molecule has 2 heterocycles. The van der Waals surface area contributed by atoms with Gasteiger partial charge in [-0.2, -0.15) is 0 Å². The predicted octanol–water partition coefficient (Wildman–Crippen LogP) is 5.93. The average Bonchev–Trinajstić information content (AvgIpc) is 3.19. The van der Waals surface area contributed by atoms with Crippen LogP contribution in [-0.2, 0) is 0 Å². The van der Waals surface area contributed by atoms with Gasteiger partial charge in [0.25, 0.3) is 5.91 Å². The van der Waals surface area contributed by atoms with Gasteiger partial charge < -0.3 is 5.32 Å². The minimum Gasteiger partial charge on any atom is -0.321 e. The second-order valence-electron chi connectivity index (χ2n) is 5.85. The highest BCUT2D eigenvalue weighted by molar-refractivity contribution is 7.15. The molecule has 0 saturated carbocycles. The Hall–Kier alpha value is -2.34. The van der Waals surface area contributed by atoms with E-state index in [-0.39, 0.29) is 5.91 Å². The van der Waals surface area contributed by atoms with Crippen molar-refractivity contribution in [3.05, 3.63) is 75.3 Å². The van der Waals surface area contributed by atoms with Gasteiger partial charge in [-0.1, -0.05) is 53.0 Å². The Bertz CT molecular complexity index is 1120. The van der Waals surface area contributed by atoms with E-state index in [2.05, 4.69) is 10.3 Å². The Morgan fingerprint density at radius 2 is 1.88 bits per heavy atom. The first kappa shape index (κ1) is 17.1. The zero-order valence-corrected chi connectivity index (χ0v) is 16.0. The third-order valence-electron chi connectivity index (χ3n) is 3.97. The predicted molar refractivity (Wildman–Crippen MR) is 108 cm³/mol.